The number of carboxylic acid groups (broad SMARTS) is 1. The van der Waals surface area contributed by atoms with Crippen LogP contribution in [0.2, 0.25) is 5.02 Å². The molecule has 3 rings (SSSR count). The van der Waals surface area contributed by atoms with Crippen LogP contribution < -0.4 is 5.32 Å². The van der Waals surface area contributed by atoms with Crippen LogP contribution in [0.5, 0.6) is 0 Å². The second-order valence-corrected chi connectivity index (χ2v) is 6.06. The minimum absolute atomic E-state index is 0.212. The van der Waals surface area contributed by atoms with E-state index in [1.54, 1.807) is 0 Å². The molecule has 21 heavy (non-hydrogen) atoms. The molecule has 0 bridgehead atoms. The number of imidazole rings is 1. The molecule has 5 nitrogen and oxygen atoms in total. The molecule has 0 aliphatic heterocycles. The maximum Gasteiger partial charge on any atom is 0.306 e. The Morgan fingerprint density at radius 2 is 2.29 bits per heavy atom. The first-order valence-electron chi connectivity index (χ1n) is 7.21. The fraction of sp³-hybridized carbons (Fsp3) is 0.467. The molecule has 1 saturated carbocycles. The summed E-state index contributed by atoms with van der Waals surface area (Å²) in [5.74, 6) is -0.889. The van der Waals surface area contributed by atoms with Crippen molar-refractivity contribution < 1.29 is 9.90 Å². The molecule has 6 heteroatoms. The van der Waals surface area contributed by atoms with E-state index in [9.17, 15) is 4.79 Å². The van der Waals surface area contributed by atoms with E-state index in [0.717, 1.165) is 30.6 Å². The van der Waals surface area contributed by atoms with E-state index in [1.165, 1.54) is 0 Å². The number of carbonyl (C=O) groups is 1. The highest BCUT2D eigenvalue weighted by molar-refractivity contribution is 6.30. The second kappa shape index (κ2) is 6.03. The average molecular weight is 308 g/mol. The second-order valence-electron chi connectivity index (χ2n) is 5.62. The number of nitrogens with zero attached hydrogens (tertiary/aromatic N) is 2. The fourth-order valence-electron chi connectivity index (χ4n) is 2.95. The van der Waals surface area contributed by atoms with Crippen LogP contribution in [0.15, 0.2) is 24.5 Å². The number of fused-ring (bicyclic) bond motifs is 1. The summed E-state index contributed by atoms with van der Waals surface area (Å²) in [5, 5.41) is 13.2. The van der Waals surface area contributed by atoms with Gasteiger partial charge in [0, 0.05) is 25.0 Å². The van der Waals surface area contributed by atoms with Crippen LogP contribution in [0, 0.1) is 5.92 Å². The van der Waals surface area contributed by atoms with Crippen molar-refractivity contribution in [1.29, 1.82) is 0 Å². The zero-order valence-electron chi connectivity index (χ0n) is 11.6. The van der Waals surface area contributed by atoms with E-state index in [0.29, 0.717) is 18.0 Å². The molecular formula is C15H18ClN3O2. The van der Waals surface area contributed by atoms with E-state index in [2.05, 4.69) is 10.3 Å². The Balaban J connectivity index is 1.62. The molecule has 0 amide bonds. The minimum Gasteiger partial charge on any atom is -0.481 e. The van der Waals surface area contributed by atoms with Crippen molar-refractivity contribution in [3.8, 4) is 0 Å². The van der Waals surface area contributed by atoms with Gasteiger partial charge in [-0.2, -0.15) is 0 Å². The smallest absolute Gasteiger partial charge is 0.306 e. The summed E-state index contributed by atoms with van der Waals surface area (Å²) in [5.41, 5.74) is 1.80. The Morgan fingerprint density at radius 1 is 1.43 bits per heavy atom. The van der Waals surface area contributed by atoms with Gasteiger partial charge in [0.1, 0.15) is 5.65 Å². The number of pyridine rings is 1. The number of aliphatic carboxylic acids is 1. The molecular weight excluding hydrogens is 290 g/mol. The Labute approximate surface area is 127 Å². The normalized spacial score (nSPS) is 22.5. The van der Waals surface area contributed by atoms with Crippen molar-refractivity contribution in [2.45, 2.75) is 38.3 Å². The molecule has 0 aromatic carbocycles. The summed E-state index contributed by atoms with van der Waals surface area (Å²) in [6.07, 6.45) is 7.27. The van der Waals surface area contributed by atoms with Gasteiger partial charge in [-0.3, -0.25) is 4.79 Å². The highest BCUT2D eigenvalue weighted by Crippen LogP contribution is 2.24. The predicted molar refractivity (Wildman–Crippen MR) is 80.4 cm³/mol. The highest BCUT2D eigenvalue weighted by Gasteiger charge is 2.26. The fourth-order valence-corrected chi connectivity index (χ4v) is 3.12. The Morgan fingerprint density at radius 3 is 3.10 bits per heavy atom. The van der Waals surface area contributed by atoms with Crippen LogP contribution in [-0.4, -0.2) is 26.5 Å². The molecule has 2 unspecified atom stereocenters. The third kappa shape index (κ3) is 3.36. The van der Waals surface area contributed by atoms with E-state index < -0.39 is 5.97 Å². The molecule has 2 aromatic heterocycles. The Kier molecular flexibility index (Phi) is 4.12. The topological polar surface area (TPSA) is 66.6 Å². The van der Waals surface area contributed by atoms with Crippen molar-refractivity contribution >= 4 is 23.2 Å². The monoisotopic (exact) mass is 307 g/mol. The number of halogens is 1. The van der Waals surface area contributed by atoms with Gasteiger partial charge in [-0.05, 0) is 31.4 Å². The molecule has 1 fully saturated rings. The molecule has 2 aromatic rings. The molecule has 2 atom stereocenters. The van der Waals surface area contributed by atoms with Crippen LogP contribution >= 0.6 is 11.6 Å². The lowest BCUT2D eigenvalue weighted by Crippen LogP contribution is -2.36. The first-order chi connectivity index (χ1) is 10.1. The summed E-state index contributed by atoms with van der Waals surface area (Å²) in [4.78, 5) is 15.6. The Bertz CT molecular complexity index is 655. The first kappa shape index (κ1) is 14.4. The molecule has 112 valence electrons. The molecule has 1 aliphatic carbocycles. The average Bonchev–Trinajstić information content (AvgIpc) is 2.87. The third-order valence-electron chi connectivity index (χ3n) is 4.06. The first-order valence-corrected chi connectivity index (χ1v) is 7.59. The maximum absolute atomic E-state index is 11.1. The van der Waals surface area contributed by atoms with Crippen LogP contribution in [0.4, 0.5) is 0 Å². The van der Waals surface area contributed by atoms with Crippen molar-refractivity contribution in [1.82, 2.24) is 14.7 Å². The van der Waals surface area contributed by atoms with Gasteiger partial charge in [-0.15, -0.1) is 0 Å². The minimum atomic E-state index is -0.677. The standard InChI is InChI=1S/C15H18ClN3O2/c16-11-4-5-14-18-13(9-19(14)8-11)7-17-12-3-1-2-10(6-12)15(20)21/h4-5,8-10,12,17H,1-3,6-7H2,(H,20,21). The zero-order chi connectivity index (χ0) is 14.8. The van der Waals surface area contributed by atoms with E-state index in [1.807, 2.05) is 28.9 Å². The van der Waals surface area contributed by atoms with Gasteiger partial charge in [0.25, 0.3) is 0 Å². The molecule has 2 N–H and O–H groups in total. The molecule has 1 aliphatic rings. The molecule has 0 radical (unpaired) electrons. The summed E-state index contributed by atoms with van der Waals surface area (Å²) >= 11 is 5.95. The Hall–Kier alpha value is -1.59. The van der Waals surface area contributed by atoms with Gasteiger partial charge in [-0.1, -0.05) is 18.0 Å². The van der Waals surface area contributed by atoms with Gasteiger partial charge in [0.2, 0.25) is 0 Å². The van der Waals surface area contributed by atoms with E-state index in [-0.39, 0.29) is 12.0 Å². The van der Waals surface area contributed by atoms with Gasteiger partial charge in [0.05, 0.1) is 16.6 Å². The summed E-state index contributed by atoms with van der Waals surface area (Å²) in [6.45, 7) is 0.649. The number of carboxylic acids is 1. The van der Waals surface area contributed by atoms with Crippen molar-refractivity contribution in [2.24, 2.45) is 5.92 Å². The largest absolute Gasteiger partial charge is 0.481 e. The van der Waals surface area contributed by atoms with E-state index in [4.69, 9.17) is 16.7 Å². The van der Waals surface area contributed by atoms with Crippen LogP contribution in [0.3, 0.4) is 0 Å². The van der Waals surface area contributed by atoms with Crippen molar-refractivity contribution in [2.75, 3.05) is 0 Å². The van der Waals surface area contributed by atoms with Gasteiger partial charge in [0.15, 0.2) is 0 Å². The number of aromatic nitrogens is 2. The number of hydrogen-bond donors (Lipinski definition) is 2. The van der Waals surface area contributed by atoms with Crippen LogP contribution in [0.25, 0.3) is 5.65 Å². The zero-order valence-corrected chi connectivity index (χ0v) is 12.4. The van der Waals surface area contributed by atoms with Crippen molar-refractivity contribution in [3.05, 3.63) is 35.2 Å². The summed E-state index contributed by atoms with van der Waals surface area (Å²) < 4.78 is 1.90. The van der Waals surface area contributed by atoms with Gasteiger partial charge >= 0.3 is 5.97 Å². The maximum atomic E-state index is 11.1. The highest BCUT2D eigenvalue weighted by atomic mass is 35.5. The number of hydrogen-bond acceptors (Lipinski definition) is 3. The van der Waals surface area contributed by atoms with Gasteiger partial charge in [-0.25, -0.2) is 4.98 Å². The lowest BCUT2D eigenvalue weighted by atomic mass is 9.86. The van der Waals surface area contributed by atoms with E-state index >= 15 is 0 Å². The molecule has 0 spiro atoms. The lowest BCUT2D eigenvalue weighted by Gasteiger charge is -2.27. The van der Waals surface area contributed by atoms with Crippen LogP contribution in [0.1, 0.15) is 31.4 Å². The SMILES string of the molecule is O=C(O)C1CCCC(NCc2cn3cc(Cl)ccc3n2)C1. The molecule has 0 saturated heterocycles. The predicted octanol–water partition coefficient (Wildman–Crippen LogP) is 2.72. The quantitative estimate of drug-likeness (QED) is 0.911. The van der Waals surface area contributed by atoms with Gasteiger partial charge < -0.3 is 14.8 Å². The summed E-state index contributed by atoms with van der Waals surface area (Å²) in [7, 11) is 0. The molecule has 2 heterocycles. The van der Waals surface area contributed by atoms with Crippen molar-refractivity contribution in [3.63, 3.8) is 0 Å². The summed E-state index contributed by atoms with van der Waals surface area (Å²) in [6, 6.07) is 3.96. The third-order valence-corrected chi connectivity index (χ3v) is 4.28. The number of rotatable bonds is 4. The van der Waals surface area contributed by atoms with Crippen LogP contribution in [-0.2, 0) is 11.3 Å². The lowest BCUT2D eigenvalue weighted by molar-refractivity contribution is -0.143. The number of nitrogens with one attached hydrogen (secondary N) is 1.